The molecule has 0 heterocycles. The standard InChI is InChI=1S/C6H13FN2O.C2H6/c1-9-6(10)5(8)3-2-4-7;1-2/h5H,2-4,8H2,1H3,(H,9,10);1-2H3. The van der Waals surface area contributed by atoms with Gasteiger partial charge in [-0.2, -0.15) is 0 Å². The summed E-state index contributed by atoms with van der Waals surface area (Å²) in [4.78, 5) is 10.7. The van der Waals surface area contributed by atoms with Gasteiger partial charge < -0.3 is 11.1 Å². The maximum atomic E-state index is 11.5. The van der Waals surface area contributed by atoms with Crippen molar-refractivity contribution in [3.8, 4) is 0 Å². The molecule has 74 valence electrons. The molecule has 0 saturated carbocycles. The lowest BCUT2D eigenvalue weighted by Gasteiger charge is -2.06. The molecule has 1 unspecified atom stereocenters. The van der Waals surface area contributed by atoms with Gasteiger partial charge in [-0.3, -0.25) is 9.18 Å². The summed E-state index contributed by atoms with van der Waals surface area (Å²) in [5, 5.41) is 2.39. The van der Waals surface area contributed by atoms with Crippen LogP contribution in [0.15, 0.2) is 0 Å². The molecule has 0 bridgehead atoms. The zero-order valence-corrected chi connectivity index (χ0v) is 8.06. The number of rotatable bonds is 4. The number of hydrogen-bond donors (Lipinski definition) is 2. The summed E-state index contributed by atoms with van der Waals surface area (Å²) in [7, 11) is 1.51. The van der Waals surface area contributed by atoms with E-state index < -0.39 is 12.7 Å². The summed E-state index contributed by atoms with van der Waals surface area (Å²) in [6.07, 6.45) is 0.769. The molecule has 3 nitrogen and oxygen atoms in total. The molecule has 0 aliphatic heterocycles. The summed E-state index contributed by atoms with van der Waals surface area (Å²) >= 11 is 0. The first-order valence-corrected chi connectivity index (χ1v) is 4.25. The smallest absolute Gasteiger partial charge is 0.236 e. The normalized spacial score (nSPS) is 11.1. The Morgan fingerprint density at radius 3 is 2.42 bits per heavy atom. The topological polar surface area (TPSA) is 55.1 Å². The monoisotopic (exact) mass is 178 g/mol. The molecule has 0 aliphatic rings. The molecule has 0 rings (SSSR count). The third kappa shape index (κ3) is 7.47. The molecule has 1 atom stereocenters. The average molecular weight is 178 g/mol. The number of alkyl halides is 1. The number of hydrogen-bond acceptors (Lipinski definition) is 2. The molecule has 0 spiro atoms. The van der Waals surface area contributed by atoms with Gasteiger partial charge in [-0.1, -0.05) is 13.8 Å². The Balaban J connectivity index is 0. The van der Waals surface area contributed by atoms with Gasteiger partial charge in [0.25, 0.3) is 0 Å². The van der Waals surface area contributed by atoms with Crippen molar-refractivity contribution in [1.29, 1.82) is 0 Å². The van der Waals surface area contributed by atoms with Crippen molar-refractivity contribution in [2.75, 3.05) is 13.7 Å². The molecular formula is C8H19FN2O. The molecule has 0 aromatic rings. The first-order chi connectivity index (χ1) is 5.72. The van der Waals surface area contributed by atoms with Crippen LogP contribution in [0.2, 0.25) is 0 Å². The van der Waals surface area contributed by atoms with E-state index >= 15 is 0 Å². The van der Waals surface area contributed by atoms with E-state index in [0.29, 0.717) is 12.8 Å². The number of nitrogens with one attached hydrogen (secondary N) is 1. The first kappa shape index (κ1) is 13.9. The van der Waals surface area contributed by atoms with Gasteiger partial charge >= 0.3 is 0 Å². The van der Waals surface area contributed by atoms with Gasteiger partial charge in [0.2, 0.25) is 5.91 Å². The van der Waals surface area contributed by atoms with E-state index in [-0.39, 0.29) is 5.91 Å². The maximum absolute atomic E-state index is 11.5. The second-order valence-corrected chi connectivity index (χ2v) is 2.05. The Kier molecular flexibility index (Phi) is 12.0. The van der Waals surface area contributed by atoms with Crippen LogP contribution in [0.1, 0.15) is 26.7 Å². The predicted molar refractivity (Wildman–Crippen MR) is 48.6 cm³/mol. The quantitative estimate of drug-likeness (QED) is 0.670. The number of halogens is 1. The second kappa shape index (κ2) is 10.4. The van der Waals surface area contributed by atoms with Crippen LogP contribution in [0.4, 0.5) is 4.39 Å². The summed E-state index contributed by atoms with van der Waals surface area (Å²) in [5.74, 6) is -0.228. The third-order valence-electron chi connectivity index (χ3n) is 1.23. The van der Waals surface area contributed by atoms with Crippen LogP contribution in [-0.4, -0.2) is 25.7 Å². The lowest BCUT2D eigenvalue weighted by molar-refractivity contribution is -0.122. The van der Waals surface area contributed by atoms with Crippen molar-refractivity contribution < 1.29 is 9.18 Å². The van der Waals surface area contributed by atoms with Gasteiger partial charge in [0.05, 0.1) is 12.7 Å². The van der Waals surface area contributed by atoms with E-state index in [1.165, 1.54) is 7.05 Å². The minimum absolute atomic E-state index is 0.228. The largest absolute Gasteiger partial charge is 0.358 e. The van der Waals surface area contributed by atoms with E-state index in [1.54, 1.807) is 0 Å². The summed E-state index contributed by atoms with van der Waals surface area (Å²) < 4.78 is 11.5. The van der Waals surface area contributed by atoms with Crippen molar-refractivity contribution in [1.82, 2.24) is 5.32 Å². The van der Waals surface area contributed by atoms with Crippen LogP contribution >= 0.6 is 0 Å². The van der Waals surface area contributed by atoms with E-state index in [4.69, 9.17) is 5.73 Å². The predicted octanol–water partition coefficient (Wildman–Crippen LogP) is 0.836. The molecular weight excluding hydrogens is 159 g/mol. The maximum Gasteiger partial charge on any atom is 0.236 e. The highest BCUT2D eigenvalue weighted by molar-refractivity contribution is 5.81. The minimum Gasteiger partial charge on any atom is -0.358 e. The molecule has 3 N–H and O–H groups in total. The third-order valence-corrected chi connectivity index (χ3v) is 1.23. The van der Waals surface area contributed by atoms with Crippen molar-refractivity contribution in [2.45, 2.75) is 32.7 Å². The van der Waals surface area contributed by atoms with E-state index in [9.17, 15) is 9.18 Å². The number of likely N-dealkylation sites (N-methyl/N-ethyl adjacent to an activating group) is 1. The summed E-state index contributed by atoms with van der Waals surface area (Å²) in [5.41, 5.74) is 5.34. The van der Waals surface area contributed by atoms with Crippen molar-refractivity contribution in [3.63, 3.8) is 0 Å². The molecule has 0 fully saturated rings. The highest BCUT2D eigenvalue weighted by Crippen LogP contribution is 1.93. The van der Waals surface area contributed by atoms with Crippen molar-refractivity contribution in [3.05, 3.63) is 0 Å². The Bertz CT molecular complexity index is 109. The van der Waals surface area contributed by atoms with Crippen LogP contribution < -0.4 is 11.1 Å². The lowest BCUT2D eigenvalue weighted by Crippen LogP contribution is -2.38. The fourth-order valence-electron chi connectivity index (χ4n) is 0.614. The van der Waals surface area contributed by atoms with Crippen LogP contribution in [0.25, 0.3) is 0 Å². The lowest BCUT2D eigenvalue weighted by atomic mass is 10.2. The van der Waals surface area contributed by atoms with Crippen LogP contribution in [0.3, 0.4) is 0 Å². The molecule has 0 saturated heterocycles. The van der Waals surface area contributed by atoms with Gasteiger partial charge in [0.1, 0.15) is 0 Å². The molecule has 0 aromatic heterocycles. The summed E-state index contributed by atoms with van der Waals surface area (Å²) in [6.45, 7) is 3.59. The van der Waals surface area contributed by atoms with Gasteiger partial charge in [-0.25, -0.2) is 0 Å². The van der Waals surface area contributed by atoms with Crippen molar-refractivity contribution >= 4 is 5.91 Å². The van der Waals surface area contributed by atoms with Gasteiger partial charge in [0, 0.05) is 7.05 Å². The van der Waals surface area contributed by atoms with E-state index in [2.05, 4.69) is 5.32 Å². The Morgan fingerprint density at radius 1 is 1.58 bits per heavy atom. The molecule has 0 aromatic carbocycles. The van der Waals surface area contributed by atoms with Crippen LogP contribution in [0, 0.1) is 0 Å². The van der Waals surface area contributed by atoms with Crippen LogP contribution in [-0.2, 0) is 4.79 Å². The van der Waals surface area contributed by atoms with Gasteiger partial charge in [-0.05, 0) is 12.8 Å². The number of amides is 1. The Hall–Kier alpha value is -0.640. The molecule has 0 aliphatic carbocycles. The summed E-state index contributed by atoms with van der Waals surface area (Å²) in [6, 6.07) is -0.555. The van der Waals surface area contributed by atoms with Crippen molar-refractivity contribution in [2.24, 2.45) is 5.73 Å². The van der Waals surface area contributed by atoms with Gasteiger partial charge in [0.15, 0.2) is 0 Å². The zero-order valence-electron chi connectivity index (χ0n) is 8.06. The zero-order chi connectivity index (χ0) is 9.98. The Morgan fingerprint density at radius 2 is 2.08 bits per heavy atom. The molecule has 4 heteroatoms. The molecule has 12 heavy (non-hydrogen) atoms. The highest BCUT2D eigenvalue weighted by Gasteiger charge is 2.09. The highest BCUT2D eigenvalue weighted by atomic mass is 19.1. The fraction of sp³-hybridized carbons (Fsp3) is 0.875. The van der Waals surface area contributed by atoms with Crippen LogP contribution in [0.5, 0.6) is 0 Å². The molecule has 0 radical (unpaired) electrons. The van der Waals surface area contributed by atoms with Gasteiger partial charge in [-0.15, -0.1) is 0 Å². The fourth-order valence-corrected chi connectivity index (χ4v) is 0.614. The number of carbonyl (C=O) groups is 1. The SMILES string of the molecule is CC.CNC(=O)C(N)CCCF. The minimum atomic E-state index is -0.555. The molecule has 1 amide bonds. The van der Waals surface area contributed by atoms with E-state index in [1.807, 2.05) is 13.8 Å². The second-order valence-electron chi connectivity index (χ2n) is 2.05. The average Bonchev–Trinajstić information content (AvgIpc) is 2.16. The van der Waals surface area contributed by atoms with E-state index in [0.717, 1.165) is 0 Å². The first-order valence-electron chi connectivity index (χ1n) is 4.25. The number of carbonyl (C=O) groups excluding carboxylic acids is 1. The number of nitrogens with two attached hydrogens (primary N) is 1. The Labute approximate surface area is 73.5 Å².